The maximum absolute atomic E-state index is 12.6. The predicted octanol–water partition coefficient (Wildman–Crippen LogP) is 6.86. The Morgan fingerprint density at radius 3 is 2.58 bits per heavy atom. The molecule has 0 N–H and O–H groups in total. The summed E-state index contributed by atoms with van der Waals surface area (Å²) in [4.78, 5) is 12.6. The molecule has 3 rings (SSSR count). The molecule has 2 aromatic carbocycles. The van der Waals surface area contributed by atoms with Crippen molar-refractivity contribution >= 4 is 39.9 Å². The molecule has 0 aliphatic rings. The largest absolute Gasteiger partial charge is 0.350 e. The Balaban J connectivity index is 1.44. The lowest BCUT2D eigenvalue weighted by Crippen LogP contribution is -1.98. The highest BCUT2D eigenvalue weighted by atomic mass is 35.5. The number of hydrogen-bond acceptors (Lipinski definition) is 1. The molecule has 26 heavy (non-hydrogen) atoms. The Labute approximate surface area is 164 Å². The Morgan fingerprint density at radius 2 is 1.77 bits per heavy atom. The zero-order chi connectivity index (χ0) is 18.5. The van der Waals surface area contributed by atoms with E-state index >= 15 is 0 Å². The van der Waals surface area contributed by atoms with Crippen LogP contribution in [0, 0.1) is 0 Å². The van der Waals surface area contributed by atoms with Gasteiger partial charge in [0.05, 0.1) is 0 Å². The van der Waals surface area contributed by atoms with E-state index < -0.39 is 0 Å². The molecule has 0 atom stereocenters. The van der Waals surface area contributed by atoms with Crippen molar-refractivity contribution in [1.82, 2.24) is 4.57 Å². The van der Waals surface area contributed by atoms with Crippen molar-refractivity contribution in [1.29, 1.82) is 0 Å². The van der Waals surface area contributed by atoms with Crippen molar-refractivity contribution in [2.45, 2.75) is 38.5 Å². The quantitative estimate of drug-likeness (QED) is 0.305. The van der Waals surface area contributed by atoms with Gasteiger partial charge in [-0.3, -0.25) is 4.79 Å². The summed E-state index contributed by atoms with van der Waals surface area (Å²) in [5.41, 5.74) is 3.09. The molecule has 0 saturated carbocycles. The average molecular weight is 388 g/mol. The predicted molar refractivity (Wildman–Crippen MR) is 111 cm³/mol. The van der Waals surface area contributed by atoms with E-state index in [0.29, 0.717) is 11.4 Å². The number of aryl methyl sites for hydroxylation is 2. The topological polar surface area (TPSA) is 22.0 Å². The van der Waals surface area contributed by atoms with E-state index in [0.717, 1.165) is 59.2 Å². The molecule has 2 nitrogen and oxygen atoms in total. The molecule has 0 unspecified atom stereocenters. The fraction of sp³-hybridized carbons (Fsp3) is 0.318. The summed E-state index contributed by atoms with van der Waals surface area (Å²) in [7, 11) is 1.99. The maximum Gasteiger partial charge on any atom is 0.165 e. The zero-order valence-corrected chi connectivity index (χ0v) is 16.5. The number of nitrogens with zero attached hydrogens (tertiary/aromatic N) is 1. The van der Waals surface area contributed by atoms with Crippen LogP contribution in [0.1, 0.15) is 48.0 Å². The Bertz CT molecular complexity index is 914. The lowest BCUT2D eigenvalue weighted by molar-refractivity contribution is 0.0980. The fourth-order valence-electron chi connectivity index (χ4n) is 3.38. The van der Waals surface area contributed by atoms with Gasteiger partial charge in [-0.15, -0.1) is 0 Å². The molecule has 0 radical (unpaired) electrons. The van der Waals surface area contributed by atoms with Gasteiger partial charge in [0.2, 0.25) is 0 Å². The van der Waals surface area contributed by atoms with Gasteiger partial charge in [-0.1, -0.05) is 60.3 Å². The first-order valence-electron chi connectivity index (χ1n) is 9.07. The smallest absolute Gasteiger partial charge is 0.165 e. The molecule has 136 valence electrons. The van der Waals surface area contributed by atoms with Gasteiger partial charge in [0.1, 0.15) is 0 Å². The third-order valence-corrected chi connectivity index (χ3v) is 5.40. The Morgan fingerprint density at radius 1 is 1.00 bits per heavy atom. The maximum atomic E-state index is 12.6. The first-order valence-corrected chi connectivity index (χ1v) is 9.83. The van der Waals surface area contributed by atoms with E-state index in [1.54, 1.807) is 6.07 Å². The number of benzene rings is 2. The minimum absolute atomic E-state index is 0.238. The van der Waals surface area contributed by atoms with Crippen molar-refractivity contribution in [3.8, 4) is 0 Å². The summed E-state index contributed by atoms with van der Waals surface area (Å²) in [5, 5.41) is 2.46. The normalized spacial score (nSPS) is 11.2. The van der Waals surface area contributed by atoms with Crippen molar-refractivity contribution in [3.63, 3.8) is 0 Å². The molecule has 0 amide bonds. The van der Waals surface area contributed by atoms with Gasteiger partial charge in [-0.05, 0) is 43.0 Å². The molecular weight excluding hydrogens is 365 g/mol. The molecule has 0 fully saturated rings. The summed E-state index contributed by atoms with van der Waals surface area (Å²) >= 11 is 12.1. The molecule has 0 saturated heterocycles. The number of unbranched alkanes of at least 4 members (excludes halogenated alkanes) is 3. The number of para-hydroxylation sites is 1. The number of hydrogen-bond donors (Lipinski definition) is 0. The van der Waals surface area contributed by atoms with Crippen LogP contribution in [0.25, 0.3) is 10.9 Å². The number of Topliss-reactive ketones (excluding diaryl/α,β-unsaturated/α-hetero) is 1. The number of aromatic nitrogens is 1. The Hall–Kier alpha value is -1.77. The van der Waals surface area contributed by atoms with Crippen LogP contribution in [0.3, 0.4) is 0 Å². The minimum Gasteiger partial charge on any atom is -0.350 e. The summed E-state index contributed by atoms with van der Waals surface area (Å²) in [6.45, 7) is 0. The fourth-order valence-corrected chi connectivity index (χ4v) is 3.88. The number of fused-ring (bicyclic) bond motifs is 1. The lowest BCUT2D eigenvalue weighted by Gasteiger charge is -2.05. The van der Waals surface area contributed by atoms with E-state index in [1.165, 1.54) is 0 Å². The SMILES string of the molecule is Cn1cc(C(=O)CCCCCCc2ccc(Cl)cc2Cl)c2ccccc21. The first-order chi connectivity index (χ1) is 12.6. The first kappa shape index (κ1) is 19.0. The number of carbonyl (C=O) groups excluding carboxylic acids is 1. The monoisotopic (exact) mass is 387 g/mol. The molecule has 1 heterocycles. The van der Waals surface area contributed by atoms with Crippen LogP contribution in [0.4, 0.5) is 0 Å². The molecule has 0 bridgehead atoms. The minimum atomic E-state index is 0.238. The third-order valence-electron chi connectivity index (χ3n) is 4.81. The van der Waals surface area contributed by atoms with Crippen molar-refractivity contribution in [2.24, 2.45) is 7.05 Å². The number of carbonyl (C=O) groups is 1. The lowest BCUT2D eigenvalue weighted by atomic mass is 10.0. The average Bonchev–Trinajstić information content (AvgIpc) is 2.97. The summed E-state index contributed by atoms with van der Waals surface area (Å²) < 4.78 is 2.03. The van der Waals surface area contributed by atoms with Crippen molar-refractivity contribution in [3.05, 3.63) is 69.8 Å². The number of halogens is 2. The van der Waals surface area contributed by atoms with Crippen molar-refractivity contribution in [2.75, 3.05) is 0 Å². The van der Waals surface area contributed by atoms with Gasteiger partial charge in [0.15, 0.2) is 5.78 Å². The van der Waals surface area contributed by atoms with Gasteiger partial charge >= 0.3 is 0 Å². The summed E-state index contributed by atoms with van der Waals surface area (Å²) in [6, 6.07) is 13.7. The molecule has 1 aromatic heterocycles. The van der Waals surface area contributed by atoms with Gasteiger partial charge in [0.25, 0.3) is 0 Å². The second-order valence-corrected chi connectivity index (χ2v) is 7.59. The van der Waals surface area contributed by atoms with Crippen LogP contribution in [0.5, 0.6) is 0 Å². The molecule has 0 spiro atoms. The van der Waals surface area contributed by atoms with Crippen LogP contribution in [-0.4, -0.2) is 10.4 Å². The van der Waals surface area contributed by atoms with Gasteiger partial charge in [-0.2, -0.15) is 0 Å². The van der Waals surface area contributed by atoms with E-state index in [2.05, 4.69) is 0 Å². The number of rotatable bonds is 8. The molecule has 0 aliphatic heterocycles. The second kappa shape index (κ2) is 8.75. The van der Waals surface area contributed by atoms with E-state index in [9.17, 15) is 4.79 Å². The van der Waals surface area contributed by atoms with Gasteiger partial charge in [0, 0.05) is 46.2 Å². The van der Waals surface area contributed by atoms with Crippen LogP contribution < -0.4 is 0 Å². The van der Waals surface area contributed by atoms with Crippen LogP contribution in [0.15, 0.2) is 48.7 Å². The highest BCUT2D eigenvalue weighted by molar-refractivity contribution is 6.35. The van der Waals surface area contributed by atoms with E-state index in [4.69, 9.17) is 23.2 Å². The van der Waals surface area contributed by atoms with Crippen molar-refractivity contribution < 1.29 is 4.79 Å². The third kappa shape index (κ3) is 4.49. The number of ketones is 1. The molecule has 4 heteroatoms. The van der Waals surface area contributed by atoms with Crippen LogP contribution in [-0.2, 0) is 13.5 Å². The van der Waals surface area contributed by atoms with Gasteiger partial charge in [-0.25, -0.2) is 0 Å². The van der Waals surface area contributed by atoms with Crippen LogP contribution >= 0.6 is 23.2 Å². The summed E-state index contributed by atoms with van der Waals surface area (Å²) in [5.74, 6) is 0.238. The van der Waals surface area contributed by atoms with E-state index in [1.807, 2.05) is 54.2 Å². The van der Waals surface area contributed by atoms with Crippen LogP contribution in [0.2, 0.25) is 10.0 Å². The highest BCUT2D eigenvalue weighted by Gasteiger charge is 2.13. The zero-order valence-electron chi connectivity index (χ0n) is 15.0. The van der Waals surface area contributed by atoms with E-state index in [-0.39, 0.29) is 5.78 Å². The Kier molecular flexibility index (Phi) is 6.39. The summed E-state index contributed by atoms with van der Waals surface area (Å²) in [6.07, 6.45) is 7.67. The highest BCUT2D eigenvalue weighted by Crippen LogP contribution is 2.24. The molecule has 0 aliphatic carbocycles. The second-order valence-electron chi connectivity index (χ2n) is 6.74. The molecule has 3 aromatic rings. The standard InChI is InChI=1S/C22H23Cl2NO/c1-25-15-19(18-9-6-7-10-21(18)25)22(26)11-5-3-2-4-8-16-12-13-17(23)14-20(16)24/h6-7,9-10,12-15H,2-5,8,11H2,1H3. The van der Waals surface area contributed by atoms with Gasteiger partial charge < -0.3 is 4.57 Å². The molecular formula is C22H23Cl2NO.